The largest absolute Gasteiger partial charge is 0.239 e. The molecule has 0 spiro atoms. The second-order valence-electron chi connectivity index (χ2n) is 3.86. The monoisotopic (exact) mass is 250 g/mol. The molecule has 15 heavy (non-hydrogen) atoms. The summed E-state index contributed by atoms with van der Waals surface area (Å²) in [5.41, 5.74) is -0.542. The first kappa shape index (κ1) is 12.5. The van der Waals surface area contributed by atoms with Crippen molar-refractivity contribution >= 4 is 19.7 Å². The standard InChI is InChI=1S/C10H12ClFO2S/c1-10(2,12)9-5-3-4-8(6-9)7-15(11,13)14/h3-6H,7H2,1-2H3. The Morgan fingerprint density at radius 3 is 2.47 bits per heavy atom. The molecule has 0 unspecified atom stereocenters. The molecular formula is C10H12ClFO2S. The molecule has 1 aromatic rings. The first-order valence-corrected chi connectivity index (χ1v) is 6.87. The molecule has 1 rings (SSSR count). The Morgan fingerprint density at radius 2 is 2.00 bits per heavy atom. The molecule has 0 aromatic heterocycles. The van der Waals surface area contributed by atoms with Crippen LogP contribution in [-0.4, -0.2) is 8.42 Å². The van der Waals surface area contributed by atoms with E-state index in [9.17, 15) is 12.8 Å². The van der Waals surface area contributed by atoms with Gasteiger partial charge >= 0.3 is 0 Å². The fourth-order valence-corrected chi connectivity index (χ4v) is 2.19. The highest BCUT2D eigenvalue weighted by molar-refractivity contribution is 8.13. The summed E-state index contributed by atoms with van der Waals surface area (Å²) < 4.78 is 35.2. The van der Waals surface area contributed by atoms with E-state index in [0.717, 1.165) is 0 Å². The highest BCUT2D eigenvalue weighted by Crippen LogP contribution is 2.25. The van der Waals surface area contributed by atoms with Crippen molar-refractivity contribution in [3.05, 3.63) is 35.4 Å². The van der Waals surface area contributed by atoms with Gasteiger partial charge in [0, 0.05) is 10.7 Å². The normalized spacial score (nSPS) is 12.8. The van der Waals surface area contributed by atoms with E-state index < -0.39 is 14.7 Å². The maximum atomic E-state index is 13.6. The summed E-state index contributed by atoms with van der Waals surface area (Å²) in [6.45, 7) is 2.84. The molecule has 0 atom stereocenters. The molecule has 2 nitrogen and oxygen atoms in total. The van der Waals surface area contributed by atoms with Crippen LogP contribution in [0.3, 0.4) is 0 Å². The lowest BCUT2D eigenvalue weighted by Crippen LogP contribution is -2.09. The average Bonchev–Trinajstić information content (AvgIpc) is 1.99. The maximum Gasteiger partial charge on any atom is 0.236 e. The van der Waals surface area contributed by atoms with Gasteiger partial charge in [-0.2, -0.15) is 0 Å². The molecular weight excluding hydrogens is 239 g/mol. The van der Waals surface area contributed by atoms with Crippen molar-refractivity contribution in [1.29, 1.82) is 0 Å². The van der Waals surface area contributed by atoms with Crippen molar-refractivity contribution < 1.29 is 12.8 Å². The van der Waals surface area contributed by atoms with E-state index in [1.165, 1.54) is 19.9 Å². The van der Waals surface area contributed by atoms with Crippen LogP contribution in [0.1, 0.15) is 25.0 Å². The van der Waals surface area contributed by atoms with Gasteiger partial charge in [-0.3, -0.25) is 0 Å². The Hall–Kier alpha value is -0.610. The van der Waals surface area contributed by atoms with E-state index in [1.54, 1.807) is 18.2 Å². The Morgan fingerprint density at radius 1 is 1.40 bits per heavy atom. The van der Waals surface area contributed by atoms with Gasteiger partial charge in [0.25, 0.3) is 0 Å². The first-order valence-electron chi connectivity index (χ1n) is 4.39. The number of alkyl halides is 1. The van der Waals surface area contributed by atoms with Gasteiger partial charge in [-0.1, -0.05) is 24.3 Å². The fourth-order valence-electron chi connectivity index (χ4n) is 1.23. The number of rotatable bonds is 3. The molecule has 5 heteroatoms. The minimum absolute atomic E-state index is 0.279. The first-order chi connectivity index (χ1) is 6.68. The molecule has 0 radical (unpaired) electrons. The molecule has 0 aliphatic heterocycles. The summed E-state index contributed by atoms with van der Waals surface area (Å²) in [5, 5.41) is 0. The van der Waals surface area contributed by atoms with Crippen molar-refractivity contribution in [1.82, 2.24) is 0 Å². The second-order valence-corrected chi connectivity index (χ2v) is 6.63. The van der Waals surface area contributed by atoms with Crippen LogP contribution < -0.4 is 0 Å². The molecule has 0 fully saturated rings. The molecule has 0 heterocycles. The topological polar surface area (TPSA) is 34.1 Å². The van der Waals surface area contributed by atoms with Gasteiger partial charge in [-0.25, -0.2) is 12.8 Å². The SMILES string of the molecule is CC(C)(F)c1cccc(CS(=O)(=O)Cl)c1. The maximum absolute atomic E-state index is 13.6. The zero-order valence-electron chi connectivity index (χ0n) is 8.50. The zero-order valence-corrected chi connectivity index (χ0v) is 10.1. The van der Waals surface area contributed by atoms with E-state index in [0.29, 0.717) is 11.1 Å². The predicted molar refractivity (Wildman–Crippen MR) is 59.1 cm³/mol. The Kier molecular flexibility index (Phi) is 3.41. The average molecular weight is 251 g/mol. The van der Waals surface area contributed by atoms with Crippen LogP contribution in [0.2, 0.25) is 0 Å². The number of hydrogen-bond acceptors (Lipinski definition) is 2. The third-order valence-electron chi connectivity index (χ3n) is 1.95. The van der Waals surface area contributed by atoms with Crippen molar-refractivity contribution in [3.63, 3.8) is 0 Å². The molecule has 0 saturated heterocycles. The van der Waals surface area contributed by atoms with Gasteiger partial charge < -0.3 is 0 Å². The van der Waals surface area contributed by atoms with Crippen LogP contribution in [0, 0.1) is 0 Å². The highest BCUT2D eigenvalue weighted by atomic mass is 35.7. The summed E-state index contributed by atoms with van der Waals surface area (Å²) in [7, 11) is 1.52. The summed E-state index contributed by atoms with van der Waals surface area (Å²) in [6, 6.07) is 6.35. The lowest BCUT2D eigenvalue weighted by Gasteiger charge is -2.15. The van der Waals surface area contributed by atoms with E-state index >= 15 is 0 Å². The summed E-state index contributed by atoms with van der Waals surface area (Å²) in [5.74, 6) is -0.279. The number of benzene rings is 1. The Bertz CT molecular complexity index is 449. The van der Waals surface area contributed by atoms with Crippen LogP contribution in [0.4, 0.5) is 4.39 Å². The van der Waals surface area contributed by atoms with Crippen LogP contribution in [0.25, 0.3) is 0 Å². The molecule has 1 aromatic carbocycles. The van der Waals surface area contributed by atoms with Gasteiger partial charge in [-0.15, -0.1) is 0 Å². The molecule has 0 aliphatic rings. The summed E-state index contributed by atoms with van der Waals surface area (Å²) in [4.78, 5) is 0. The van der Waals surface area contributed by atoms with E-state index in [-0.39, 0.29) is 5.75 Å². The minimum Gasteiger partial charge on any atom is -0.239 e. The van der Waals surface area contributed by atoms with Crippen molar-refractivity contribution in [2.75, 3.05) is 0 Å². The smallest absolute Gasteiger partial charge is 0.236 e. The Balaban J connectivity index is 3.04. The van der Waals surface area contributed by atoms with Crippen LogP contribution in [0.15, 0.2) is 24.3 Å². The lowest BCUT2D eigenvalue weighted by molar-refractivity contribution is 0.221. The van der Waals surface area contributed by atoms with Gasteiger partial charge in [0.15, 0.2) is 0 Å². The molecule has 0 bridgehead atoms. The van der Waals surface area contributed by atoms with Crippen molar-refractivity contribution in [2.24, 2.45) is 0 Å². The summed E-state index contributed by atoms with van der Waals surface area (Å²) >= 11 is 0. The van der Waals surface area contributed by atoms with E-state index in [1.807, 2.05) is 0 Å². The molecule has 0 aliphatic carbocycles. The van der Waals surface area contributed by atoms with Gasteiger partial charge in [0.2, 0.25) is 9.05 Å². The second kappa shape index (κ2) is 4.10. The number of halogens is 2. The fraction of sp³-hybridized carbons (Fsp3) is 0.400. The van der Waals surface area contributed by atoms with E-state index in [2.05, 4.69) is 0 Å². The van der Waals surface area contributed by atoms with Crippen LogP contribution in [-0.2, 0) is 20.5 Å². The Labute approximate surface area is 93.5 Å². The van der Waals surface area contributed by atoms with Gasteiger partial charge in [0.05, 0.1) is 5.75 Å². The zero-order chi connectivity index (χ0) is 11.7. The molecule has 0 amide bonds. The van der Waals surface area contributed by atoms with Crippen LogP contribution in [0.5, 0.6) is 0 Å². The molecule has 0 N–H and O–H groups in total. The molecule has 0 saturated carbocycles. The van der Waals surface area contributed by atoms with Crippen molar-refractivity contribution in [2.45, 2.75) is 25.3 Å². The van der Waals surface area contributed by atoms with Gasteiger partial charge in [0.1, 0.15) is 5.67 Å². The lowest BCUT2D eigenvalue weighted by atomic mass is 9.99. The third-order valence-corrected chi connectivity index (χ3v) is 2.96. The van der Waals surface area contributed by atoms with E-state index in [4.69, 9.17) is 10.7 Å². The third kappa shape index (κ3) is 4.18. The molecule has 84 valence electrons. The van der Waals surface area contributed by atoms with Crippen molar-refractivity contribution in [3.8, 4) is 0 Å². The minimum atomic E-state index is -3.59. The van der Waals surface area contributed by atoms with Crippen LogP contribution >= 0.6 is 10.7 Å². The summed E-state index contributed by atoms with van der Waals surface area (Å²) in [6.07, 6.45) is 0. The van der Waals surface area contributed by atoms with Gasteiger partial charge in [-0.05, 0) is 25.0 Å². The predicted octanol–water partition coefficient (Wildman–Crippen LogP) is 2.96. The highest BCUT2D eigenvalue weighted by Gasteiger charge is 2.19. The quantitative estimate of drug-likeness (QED) is 0.773. The number of hydrogen-bond donors (Lipinski definition) is 0.